The van der Waals surface area contributed by atoms with Gasteiger partial charge in [-0.15, -0.1) is 0 Å². The summed E-state index contributed by atoms with van der Waals surface area (Å²) in [7, 11) is 0. The van der Waals surface area contributed by atoms with Crippen molar-refractivity contribution in [2.24, 2.45) is 5.92 Å². The quantitative estimate of drug-likeness (QED) is 0.513. The van der Waals surface area contributed by atoms with Crippen LogP contribution in [0.5, 0.6) is 0 Å². The molecule has 0 saturated heterocycles. The zero-order valence-electron chi connectivity index (χ0n) is 5.21. The Kier molecular flexibility index (Phi) is 1.64. The van der Waals surface area contributed by atoms with Crippen LogP contribution in [0.2, 0.25) is 0 Å². The molecule has 1 N–H and O–H groups in total. The van der Waals surface area contributed by atoms with Crippen molar-refractivity contribution in [3.8, 4) is 0 Å². The van der Waals surface area contributed by atoms with E-state index in [1.54, 1.807) is 12.2 Å². The molecule has 0 fully saturated rings. The topological polar surface area (TPSA) is 20.2 Å². The maximum atomic E-state index is 9.27. The van der Waals surface area contributed by atoms with Crippen LogP contribution >= 0.6 is 11.6 Å². The van der Waals surface area contributed by atoms with Gasteiger partial charge in [0, 0.05) is 5.92 Å². The highest BCUT2D eigenvalue weighted by Gasteiger charge is 2.26. The van der Waals surface area contributed by atoms with E-state index in [1.807, 2.05) is 19.1 Å². The lowest BCUT2D eigenvalue weighted by Gasteiger charge is -2.23. The predicted molar refractivity (Wildman–Crippen MR) is 38.2 cm³/mol. The van der Waals surface area contributed by atoms with Crippen LogP contribution in [0.15, 0.2) is 24.3 Å². The molecule has 0 bridgehead atoms. The van der Waals surface area contributed by atoms with Crippen LogP contribution in [0.1, 0.15) is 6.92 Å². The number of rotatable bonds is 0. The zero-order valence-corrected chi connectivity index (χ0v) is 5.97. The molecule has 0 heterocycles. The van der Waals surface area contributed by atoms with Gasteiger partial charge in [-0.05, 0) is 6.08 Å². The van der Waals surface area contributed by atoms with Crippen LogP contribution in [0.25, 0.3) is 0 Å². The maximum Gasteiger partial charge on any atom is 0.163 e. The van der Waals surface area contributed by atoms with Crippen molar-refractivity contribution >= 4 is 11.6 Å². The SMILES string of the molecule is CC1C=CC=CC1(O)Cl. The molecular formula is C7H9ClO. The third kappa shape index (κ3) is 1.35. The second kappa shape index (κ2) is 2.16. The Morgan fingerprint density at radius 3 is 2.56 bits per heavy atom. The Labute approximate surface area is 59.6 Å². The van der Waals surface area contributed by atoms with Gasteiger partial charge in [-0.2, -0.15) is 0 Å². The summed E-state index contributed by atoms with van der Waals surface area (Å²) in [5, 5.41) is 8.11. The van der Waals surface area contributed by atoms with Gasteiger partial charge < -0.3 is 5.11 Å². The van der Waals surface area contributed by atoms with E-state index in [4.69, 9.17) is 11.6 Å². The Bertz CT molecular complexity index is 158. The Hall–Kier alpha value is -0.270. The van der Waals surface area contributed by atoms with E-state index in [0.717, 1.165) is 0 Å². The maximum absolute atomic E-state index is 9.27. The van der Waals surface area contributed by atoms with Gasteiger partial charge in [0.05, 0.1) is 0 Å². The number of alkyl halides is 1. The van der Waals surface area contributed by atoms with Gasteiger partial charge in [-0.25, -0.2) is 0 Å². The molecule has 1 aliphatic carbocycles. The minimum Gasteiger partial charge on any atom is -0.371 e. The van der Waals surface area contributed by atoms with E-state index in [0.29, 0.717) is 0 Å². The van der Waals surface area contributed by atoms with Crippen molar-refractivity contribution in [1.29, 1.82) is 0 Å². The summed E-state index contributed by atoms with van der Waals surface area (Å²) in [6, 6.07) is 0. The summed E-state index contributed by atoms with van der Waals surface area (Å²) >= 11 is 5.64. The largest absolute Gasteiger partial charge is 0.371 e. The summed E-state index contributed by atoms with van der Waals surface area (Å²) in [6.45, 7) is 1.87. The minimum absolute atomic E-state index is 0.00386. The first-order valence-corrected chi connectivity index (χ1v) is 3.28. The number of allylic oxidation sites excluding steroid dienone is 2. The third-order valence-corrected chi connectivity index (χ3v) is 1.95. The summed E-state index contributed by atoms with van der Waals surface area (Å²) in [5.41, 5.74) is 0. The van der Waals surface area contributed by atoms with Crippen LogP contribution in [0.3, 0.4) is 0 Å². The zero-order chi connectivity index (χ0) is 6.91. The molecule has 2 atom stereocenters. The molecular weight excluding hydrogens is 136 g/mol. The smallest absolute Gasteiger partial charge is 0.163 e. The fraction of sp³-hybridized carbons (Fsp3) is 0.429. The molecule has 2 unspecified atom stereocenters. The molecule has 0 aromatic heterocycles. The molecule has 0 aromatic carbocycles. The lowest BCUT2D eigenvalue weighted by atomic mass is 10.00. The van der Waals surface area contributed by atoms with E-state index in [-0.39, 0.29) is 5.92 Å². The summed E-state index contributed by atoms with van der Waals surface area (Å²) in [6.07, 6.45) is 7.07. The van der Waals surface area contributed by atoms with Crippen LogP contribution in [-0.2, 0) is 0 Å². The average Bonchev–Trinajstić information content (AvgIpc) is 1.77. The normalized spacial score (nSPS) is 41.4. The lowest BCUT2D eigenvalue weighted by molar-refractivity contribution is 0.139. The van der Waals surface area contributed by atoms with Gasteiger partial charge in [-0.3, -0.25) is 0 Å². The molecule has 1 aliphatic rings. The van der Waals surface area contributed by atoms with Gasteiger partial charge >= 0.3 is 0 Å². The molecule has 0 spiro atoms. The Morgan fingerprint density at radius 2 is 2.22 bits per heavy atom. The summed E-state index contributed by atoms with van der Waals surface area (Å²) < 4.78 is 0. The van der Waals surface area contributed by atoms with E-state index < -0.39 is 5.06 Å². The first-order chi connectivity index (χ1) is 4.13. The van der Waals surface area contributed by atoms with E-state index in [1.165, 1.54) is 0 Å². The fourth-order valence-electron chi connectivity index (χ4n) is 0.708. The average molecular weight is 145 g/mol. The molecule has 0 aromatic rings. The van der Waals surface area contributed by atoms with E-state index in [9.17, 15) is 5.11 Å². The minimum atomic E-state index is -1.16. The predicted octanol–water partition coefficient (Wildman–Crippen LogP) is 1.68. The first kappa shape index (κ1) is 6.84. The molecule has 0 saturated carbocycles. The molecule has 1 nitrogen and oxygen atoms in total. The Morgan fingerprint density at radius 1 is 1.56 bits per heavy atom. The van der Waals surface area contributed by atoms with Crippen molar-refractivity contribution in [1.82, 2.24) is 0 Å². The standard InChI is InChI=1S/C7H9ClO/c1-6-4-2-3-5-7(6,8)9/h2-6,9H,1H3. The first-order valence-electron chi connectivity index (χ1n) is 2.90. The van der Waals surface area contributed by atoms with Crippen molar-refractivity contribution < 1.29 is 5.11 Å². The second-order valence-corrected chi connectivity index (χ2v) is 2.87. The fourth-order valence-corrected chi connectivity index (χ4v) is 0.854. The molecule has 50 valence electrons. The highest BCUT2D eigenvalue weighted by molar-refractivity contribution is 6.24. The van der Waals surface area contributed by atoms with Gasteiger partial charge in [0.2, 0.25) is 0 Å². The molecule has 1 rings (SSSR count). The number of aliphatic hydroxyl groups is 1. The number of halogens is 1. The molecule has 0 aliphatic heterocycles. The van der Waals surface area contributed by atoms with Crippen molar-refractivity contribution in [2.75, 3.05) is 0 Å². The third-order valence-electron chi connectivity index (χ3n) is 1.48. The summed E-state index contributed by atoms with van der Waals surface area (Å²) in [4.78, 5) is 0. The molecule has 2 heteroatoms. The van der Waals surface area contributed by atoms with Crippen molar-refractivity contribution in [2.45, 2.75) is 12.0 Å². The number of hydrogen-bond acceptors (Lipinski definition) is 1. The van der Waals surface area contributed by atoms with Crippen LogP contribution in [0.4, 0.5) is 0 Å². The molecule has 0 amide bonds. The van der Waals surface area contributed by atoms with Crippen LogP contribution in [-0.4, -0.2) is 10.2 Å². The Balaban J connectivity index is 2.78. The van der Waals surface area contributed by atoms with Crippen LogP contribution < -0.4 is 0 Å². The number of hydrogen-bond donors (Lipinski definition) is 1. The molecule has 9 heavy (non-hydrogen) atoms. The highest BCUT2D eigenvalue weighted by Crippen LogP contribution is 2.27. The second-order valence-electron chi connectivity index (χ2n) is 2.26. The van der Waals surface area contributed by atoms with Crippen molar-refractivity contribution in [3.63, 3.8) is 0 Å². The van der Waals surface area contributed by atoms with E-state index in [2.05, 4.69) is 0 Å². The van der Waals surface area contributed by atoms with E-state index >= 15 is 0 Å². The van der Waals surface area contributed by atoms with Gasteiger partial charge in [0.15, 0.2) is 5.06 Å². The highest BCUT2D eigenvalue weighted by atomic mass is 35.5. The van der Waals surface area contributed by atoms with Gasteiger partial charge in [0.1, 0.15) is 0 Å². The van der Waals surface area contributed by atoms with Crippen LogP contribution in [0, 0.1) is 5.92 Å². The lowest BCUT2D eigenvalue weighted by Crippen LogP contribution is -2.26. The monoisotopic (exact) mass is 144 g/mol. The summed E-state index contributed by atoms with van der Waals surface area (Å²) in [5.74, 6) is 0.00386. The van der Waals surface area contributed by atoms with Gasteiger partial charge in [0.25, 0.3) is 0 Å². The van der Waals surface area contributed by atoms with Gasteiger partial charge in [-0.1, -0.05) is 36.8 Å². The molecule has 0 radical (unpaired) electrons. The van der Waals surface area contributed by atoms with Crippen molar-refractivity contribution in [3.05, 3.63) is 24.3 Å².